The van der Waals surface area contributed by atoms with E-state index in [9.17, 15) is 0 Å². The summed E-state index contributed by atoms with van der Waals surface area (Å²) >= 11 is 0. The minimum atomic E-state index is 0.750. The molecule has 0 saturated heterocycles. The van der Waals surface area contributed by atoms with Gasteiger partial charge in [0, 0.05) is 0 Å². The van der Waals surface area contributed by atoms with Gasteiger partial charge in [0.25, 0.3) is 0 Å². The van der Waals surface area contributed by atoms with Crippen LogP contribution in [0.15, 0.2) is 60.7 Å². The van der Waals surface area contributed by atoms with Crippen molar-refractivity contribution < 1.29 is 4.79 Å². The molecular weight excluding hydrogens is 215 g/mol. The normalized spacial score (nSPS) is 8.81. The van der Waals surface area contributed by atoms with Gasteiger partial charge in [-0.2, -0.15) is 0 Å². The predicted octanol–water partition coefficient (Wildman–Crippen LogP) is 2.52. The molecule has 82 valence electrons. The zero-order valence-corrected chi connectivity index (χ0v) is 10.3. The molecule has 0 unspecified atom stereocenters. The average Bonchev–Trinajstić information content (AvgIpc) is 2.33. The van der Waals surface area contributed by atoms with E-state index in [0.717, 1.165) is 14.9 Å². The average molecular weight is 230 g/mol. The van der Waals surface area contributed by atoms with E-state index < -0.39 is 0 Å². The van der Waals surface area contributed by atoms with Gasteiger partial charge in [-0.3, -0.25) is 0 Å². The molecule has 0 aliphatic rings. The molecule has 0 amide bonds. The molecule has 0 aromatic heterocycles. The quantitative estimate of drug-likeness (QED) is 0.572. The molecule has 2 aromatic carbocycles. The number of hydrogen-bond acceptors (Lipinski definition) is 1. The van der Waals surface area contributed by atoms with Crippen LogP contribution in [0.4, 0.5) is 0 Å². The van der Waals surface area contributed by atoms with E-state index in [-0.39, 0.29) is 0 Å². The van der Waals surface area contributed by atoms with Crippen molar-refractivity contribution in [3.8, 4) is 0 Å². The SMILES string of the molecule is CC=O.c1ccc(Pc2ccccc2)cc1. The molecule has 2 aromatic rings. The second-order valence-corrected chi connectivity index (χ2v) is 4.50. The predicted molar refractivity (Wildman–Crippen MR) is 72.2 cm³/mol. The van der Waals surface area contributed by atoms with Crippen molar-refractivity contribution in [3.05, 3.63) is 60.7 Å². The molecule has 0 atom stereocenters. The van der Waals surface area contributed by atoms with Gasteiger partial charge in [-0.15, -0.1) is 0 Å². The zero-order chi connectivity index (χ0) is 11.6. The molecule has 2 heteroatoms. The van der Waals surface area contributed by atoms with Crippen molar-refractivity contribution in [2.75, 3.05) is 0 Å². The molecule has 0 heterocycles. The van der Waals surface area contributed by atoms with Gasteiger partial charge in [-0.1, -0.05) is 69.2 Å². The first-order valence-electron chi connectivity index (χ1n) is 5.13. The summed E-state index contributed by atoms with van der Waals surface area (Å²) < 4.78 is 0. The lowest BCUT2D eigenvalue weighted by molar-refractivity contribution is -0.106. The van der Waals surface area contributed by atoms with Crippen molar-refractivity contribution in [2.24, 2.45) is 0 Å². The van der Waals surface area contributed by atoms with Crippen LogP contribution >= 0.6 is 8.58 Å². The van der Waals surface area contributed by atoms with E-state index in [1.807, 2.05) is 0 Å². The van der Waals surface area contributed by atoms with E-state index in [1.165, 1.54) is 17.5 Å². The minimum absolute atomic E-state index is 0.750. The summed E-state index contributed by atoms with van der Waals surface area (Å²) in [6, 6.07) is 21.2. The molecule has 0 saturated carbocycles. The zero-order valence-electron chi connectivity index (χ0n) is 9.26. The molecule has 0 aliphatic carbocycles. The molecular formula is C14H15OP. The fraction of sp³-hybridized carbons (Fsp3) is 0.0714. The molecule has 0 fully saturated rings. The first-order chi connectivity index (χ1) is 7.86. The second kappa shape index (κ2) is 7.78. The Morgan fingerprint density at radius 3 is 1.44 bits per heavy atom. The Bertz CT molecular complexity index is 360. The smallest absolute Gasteiger partial charge is 0.116 e. The topological polar surface area (TPSA) is 17.1 Å². The standard InChI is InChI=1S/C12H11P.C2H4O/c1-3-7-11(8-4-1)13-12-9-5-2-6-10-12;1-2-3/h1-10,13H;2H,1H3. The van der Waals surface area contributed by atoms with E-state index in [1.54, 1.807) is 0 Å². The third-order valence-electron chi connectivity index (χ3n) is 1.84. The summed E-state index contributed by atoms with van der Waals surface area (Å²) in [6.45, 7) is 1.44. The van der Waals surface area contributed by atoms with E-state index >= 15 is 0 Å². The van der Waals surface area contributed by atoms with Gasteiger partial charge >= 0.3 is 0 Å². The monoisotopic (exact) mass is 230 g/mol. The van der Waals surface area contributed by atoms with Crippen LogP contribution in [0.25, 0.3) is 0 Å². The maximum Gasteiger partial charge on any atom is 0.116 e. The first-order valence-corrected chi connectivity index (χ1v) is 6.13. The summed E-state index contributed by atoms with van der Waals surface area (Å²) in [4.78, 5) is 8.81. The van der Waals surface area contributed by atoms with E-state index in [4.69, 9.17) is 4.79 Å². The highest BCUT2D eigenvalue weighted by Gasteiger charge is 1.92. The molecule has 0 bridgehead atoms. The van der Waals surface area contributed by atoms with Crippen LogP contribution in [-0.4, -0.2) is 6.29 Å². The van der Waals surface area contributed by atoms with Gasteiger partial charge < -0.3 is 4.79 Å². The third-order valence-corrected chi connectivity index (χ3v) is 3.08. The summed E-state index contributed by atoms with van der Waals surface area (Å²) in [6.07, 6.45) is 0.750. The molecule has 16 heavy (non-hydrogen) atoms. The van der Waals surface area contributed by atoms with Gasteiger partial charge in [0.05, 0.1) is 0 Å². The van der Waals surface area contributed by atoms with Crippen LogP contribution in [0.5, 0.6) is 0 Å². The summed E-state index contributed by atoms with van der Waals surface area (Å²) in [5.74, 6) is 0. The number of hydrogen-bond donors (Lipinski definition) is 0. The van der Waals surface area contributed by atoms with Gasteiger partial charge in [0.1, 0.15) is 6.29 Å². The van der Waals surface area contributed by atoms with Crippen LogP contribution in [0.2, 0.25) is 0 Å². The largest absolute Gasteiger partial charge is 0.304 e. The Labute approximate surface area is 98.3 Å². The Kier molecular flexibility index (Phi) is 6.13. The van der Waals surface area contributed by atoms with Crippen molar-refractivity contribution in [1.82, 2.24) is 0 Å². The van der Waals surface area contributed by atoms with Crippen LogP contribution in [0.3, 0.4) is 0 Å². The number of carbonyl (C=O) groups excluding carboxylic acids is 1. The first kappa shape index (κ1) is 12.6. The Morgan fingerprint density at radius 2 is 1.12 bits per heavy atom. The summed E-state index contributed by atoms with van der Waals surface area (Å²) in [5.41, 5.74) is 0. The summed E-state index contributed by atoms with van der Waals surface area (Å²) in [7, 11) is 0.777. The van der Waals surface area contributed by atoms with Crippen molar-refractivity contribution in [1.29, 1.82) is 0 Å². The Morgan fingerprint density at radius 1 is 0.812 bits per heavy atom. The van der Waals surface area contributed by atoms with Gasteiger partial charge in [-0.05, 0) is 17.5 Å². The fourth-order valence-corrected chi connectivity index (χ4v) is 2.26. The number of rotatable bonds is 2. The Balaban J connectivity index is 0.000000386. The van der Waals surface area contributed by atoms with Crippen LogP contribution in [-0.2, 0) is 4.79 Å². The highest BCUT2D eigenvalue weighted by Crippen LogP contribution is 2.08. The van der Waals surface area contributed by atoms with Gasteiger partial charge in [0.2, 0.25) is 0 Å². The Hall–Kier alpha value is -1.46. The lowest BCUT2D eigenvalue weighted by atomic mass is 10.4. The van der Waals surface area contributed by atoms with E-state index in [0.29, 0.717) is 0 Å². The lowest BCUT2D eigenvalue weighted by Crippen LogP contribution is -2.01. The lowest BCUT2D eigenvalue weighted by Gasteiger charge is -2.00. The van der Waals surface area contributed by atoms with E-state index in [2.05, 4.69) is 60.7 Å². The van der Waals surface area contributed by atoms with Crippen LogP contribution < -0.4 is 10.6 Å². The molecule has 0 radical (unpaired) electrons. The minimum Gasteiger partial charge on any atom is -0.304 e. The van der Waals surface area contributed by atoms with Gasteiger partial charge in [0.15, 0.2) is 0 Å². The number of aldehydes is 1. The highest BCUT2D eigenvalue weighted by atomic mass is 31.1. The molecule has 0 spiro atoms. The molecule has 0 aliphatic heterocycles. The van der Waals surface area contributed by atoms with Crippen molar-refractivity contribution >= 4 is 25.5 Å². The number of carbonyl (C=O) groups is 1. The third kappa shape index (κ3) is 4.86. The number of benzene rings is 2. The molecule has 0 N–H and O–H groups in total. The fourth-order valence-electron chi connectivity index (χ4n) is 1.21. The second-order valence-electron chi connectivity index (χ2n) is 3.09. The maximum absolute atomic E-state index is 8.81. The van der Waals surface area contributed by atoms with Crippen molar-refractivity contribution in [3.63, 3.8) is 0 Å². The molecule has 2 rings (SSSR count). The maximum atomic E-state index is 8.81. The van der Waals surface area contributed by atoms with Crippen molar-refractivity contribution in [2.45, 2.75) is 6.92 Å². The van der Waals surface area contributed by atoms with Gasteiger partial charge in [-0.25, -0.2) is 0 Å². The van der Waals surface area contributed by atoms with Crippen LogP contribution in [0.1, 0.15) is 6.92 Å². The van der Waals surface area contributed by atoms with Crippen LogP contribution in [0, 0.1) is 0 Å². The highest BCUT2D eigenvalue weighted by molar-refractivity contribution is 7.55. The summed E-state index contributed by atoms with van der Waals surface area (Å²) in [5, 5.41) is 2.79. The molecule has 1 nitrogen and oxygen atoms in total.